The summed E-state index contributed by atoms with van der Waals surface area (Å²) in [6, 6.07) is 10.5. The highest BCUT2D eigenvalue weighted by Crippen LogP contribution is 2.31. The van der Waals surface area contributed by atoms with Gasteiger partial charge in [-0.15, -0.1) is 0 Å². The van der Waals surface area contributed by atoms with E-state index < -0.39 is 0 Å². The van der Waals surface area contributed by atoms with Crippen LogP contribution in [0.1, 0.15) is 32.3 Å². The lowest BCUT2D eigenvalue weighted by Crippen LogP contribution is -2.31. The molecule has 2 heteroatoms. The van der Waals surface area contributed by atoms with Crippen molar-refractivity contribution >= 4 is 5.69 Å². The summed E-state index contributed by atoms with van der Waals surface area (Å²) in [5.41, 5.74) is 3.68. The molecule has 0 bridgehead atoms. The van der Waals surface area contributed by atoms with E-state index in [1.807, 2.05) is 12.1 Å². The summed E-state index contributed by atoms with van der Waals surface area (Å²) in [7, 11) is 0. The van der Waals surface area contributed by atoms with E-state index in [2.05, 4.69) is 50.4 Å². The monoisotopic (exact) mass is 254 g/mol. The number of aryl methyl sites for hydroxylation is 1. The molecule has 1 aromatic rings. The summed E-state index contributed by atoms with van der Waals surface area (Å²) in [5, 5.41) is 12.9. The molecule has 1 aliphatic carbocycles. The van der Waals surface area contributed by atoms with Crippen molar-refractivity contribution in [2.75, 3.05) is 5.32 Å². The van der Waals surface area contributed by atoms with Crippen LogP contribution >= 0.6 is 0 Å². The Balaban J connectivity index is 2.12. The third kappa shape index (κ3) is 3.38. The predicted octanol–water partition coefficient (Wildman–Crippen LogP) is 4.29. The zero-order chi connectivity index (χ0) is 13.8. The highest BCUT2D eigenvalue weighted by molar-refractivity contribution is 5.52. The molecule has 2 nitrogen and oxygen atoms in total. The number of hydrogen-bond acceptors (Lipinski definition) is 2. The van der Waals surface area contributed by atoms with Gasteiger partial charge in [-0.25, -0.2) is 0 Å². The molecule has 0 spiro atoms. The normalized spacial score (nSPS) is 24.2. The lowest BCUT2D eigenvalue weighted by atomic mass is 9.80. The van der Waals surface area contributed by atoms with Crippen molar-refractivity contribution < 1.29 is 0 Å². The Bertz CT molecular complexity index is 510. The van der Waals surface area contributed by atoms with Crippen LogP contribution < -0.4 is 5.32 Å². The summed E-state index contributed by atoms with van der Waals surface area (Å²) < 4.78 is 0. The average molecular weight is 254 g/mol. The van der Waals surface area contributed by atoms with Crippen molar-refractivity contribution in [1.82, 2.24) is 0 Å². The fraction of sp³-hybridized carbons (Fsp3) is 0.471. The summed E-state index contributed by atoms with van der Waals surface area (Å²) in [4.78, 5) is 0. The molecule has 100 valence electrons. The van der Waals surface area contributed by atoms with Gasteiger partial charge in [0.15, 0.2) is 0 Å². The molecule has 19 heavy (non-hydrogen) atoms. The van der Waals surface area contributed by atoms with Gasteiger partial charge >= 0.3 is 0 Å². The SMILES string of the molecule is CC1=CC(C)CC(C(C#N)Nc2ccccc2C)C1. The number of benzene rings is 1. The predicted molar refractivity (Wildman–Crippen MR) is 79.8 cm³/mol. The second-order valence-corrected chi connectivity index (χ2v) is 5.76. The summed E-state index contributed by atoms with van der Waals surface area (Å²) in [5.74, 6) is 0.984. The molecular weight excluding hydrogens is 232 g/mol. The first kappa shape index (κ1) is 13.7. The van der Waals surface area contributed by atoms with Crippen LogP contribution in [0.15, 0.2) is 35.9 Å². The zero-order valence-electron chi connectivity index (χ0n) is 12.0. The van der Waals surface area contributed by atoms with Gasteiger partial charge in [0.1, 0.15) is 6.04 Å². The Morgan fingerprint density at radius 1 is 1.32 bits per heavy atom. The van der Waals surface area contributed by atoms with Crippen molar-refractivity contribution in [3.63, 3.8) is 0 Å². The minimum Gasteiger partial charge on any atom is -0.369 e. The maximum Gasteiger partial charge on any atom is 0.117 e. The molecule has 0 aliphatic heterocycles. The molecule has 0 amide bonds. The molecule has 1 aliphatic rings. The van der Waals surface area contributed by atoms with Gasteiger partial charge in [-0.1, -0.05) is 36.8 Å². The quantitative estimate of drug-likeness (QED) is 0.817. The van der Waals surface area contributed by atoms with Crippen LogP contribution in [0, 0.1) is 30.1 Å². The number of para-hydroxylation sites is 1. The average Bonchev–Trinajstić information content (AvgIpc) is 2.36. The number of nitrogens with one attached hydrogen (secondary N) is 1. The second-order valence-electron chi connectivity index (χ2n) is 5.76. The molecule has 0 saturated heterocycles. The third-order valence-corrected chi connectivity index (χ3v) is 3.89. The number of anilines is 1. The van der Waals surface area contributed by atoms with Crippen LogP contribution in [-0.4, -0.2) is 6.04 Å². The fourth-order valence-electron chi connectivity index (χ4n) is 3.01. The zero-order valence-corrected chi connectivity index (χ0v) is 12.0. The molecule has 1 aromatic carbocycles. The van der Waals surface area contributed by atoms with Crippen molar-refractivity contribution in [1.29, 1.82) is 5.26 Å². The van der Waals surface area contributed by atoms with E-state index in [1.165, 1.54) is 11.1 Å². The standard InChI is InChI=1S/C17H22N2/c1-12-8-13(2)10-15(9-12)17(11-18)19-16-7-5-4-6-14(16)3/h4-8,12,15,17,19H,9-10H2,1-3H3. The number of nitriles is 1. The van der Waals surface area contributed by atoms with E-state index in [0.29, 0.717) is 11.8 Å². The van der Waals surface area contributed by atoms with E-state index in [-0.39, 0.29) is 6.04 Å². The van der Waals surface area contributed by atoms with E-state index >= 15 is 0 Å². The first-order valence-corrected chi connectivity index (χ1v) is 6.99. The Kier molecular flexibility index (Phi) is 4.27. The number of nitrogens with zero attached hydrogens (tertiary/aromatic N) is 1. The molecule has 0 heterocycles. The van der Waals surface area contributed by atoms with E-state index in [0.717, 1.165) is 18.5 Å². The highest BCUT2D eigenvalue weighted by Gasteiger charge is 2.26. The maximum absolute atomic E-state index is 9.47. The fourth-order valence-corrected chi connectivity index (χ4v) is 3.01. The smallest absolute Gasteiger partial charge is 0.117 e. The minimum absolute atomic E-state index is 0.104. The number of rotatable bonds is 3. The molecule has 1 N–H and O–H groups in total. The van der Waals surface area contributed by atoms with Gasteiger partial charge in [-0.05, 0) is 50.2 Å². The van der Waals surface area contributed by atoms with Crippen LogP contribution in [0.25, 0.3) is 0 Å². The maximum atomic E-state index is 9.47. The summed E-state index contributed by atoms with van der Waals surface area (Å²) in [6.07, 6.45) is 4.45. The number of allylic oxidation sites excluding steroid dienone is 2. The topological polar surface area (TPSA) is 35.8 Å². The third-order valence-electron chi connectivity index (χ3n) is 3.89. The van der Waals surface area contributed by atoms with Crippen LogP contribution in [0.4, 0.5) is 5.69 Å². The molecule has 0 saturated carbocycles. The first-order valence-electron chi connectivity index (χ1n) is 6.99. The molecule has 3 unspecified atom stereocenters. The van der Waals surface area contributed by atoms with Crippen LogP contribution in [0.3, 0.4) is 0 Å². The highest BCUT2D eigenvalue weighted by atomic mass is 14.9. The molecule has 3 atom stereocenters. The Morgan fingerprint density at radius 3 is 2.68 bits per heavy atom. The second kappa shape index (κ2) is 5.93. The van der Waals surface area contributed by atoms with Gasteiger partial charge in [0, 0.05) is 5.69 Å². The van der Waals surface area contributed by atoms with Crippen LogP contribution in [-0.2, 0) is 0 Å². The van der Waals surface area contributed by atoms with Crippen molar-refractivity contribution in [2.45, 2.75) is 39.7 Å². The summed E-state index contributed by atoms with van der Waals surface area (Å²) >= 11 is 0. The van der Waals surface area contributed by atoms with Crippen LogP contribution in [0.2, 0.25) is 0 Å². The van der Waals surface area contributed by atoms with Gasteiger partial charge in [-0.3, -0.25) is 0 Å². The lowest BCUT2D eigenvalue weighted by Gasteiger charge is -2.30. The van der Waals surface area contributed by atoms with Gasteiger partial charge in [-0.2, -0.15) is 5.26 Å². The molecule has 0 radical (unpaired) electrons. The van der Waals surface area contributed by atoms with Crippen LogP contribution in [0.5, 0.6) is 0 Å². The van der Waals surface area contributed by atoms with Gasteiger partial charge in [0.05, 0.1) is 6.07 Å². The largest absolute Gasteiger partial charge is 0.369 e. The number of hydrogen-bond donors (Lipinski definition) is 1. The molecule has 0 fully saturated rings. The van der Waals surface area contributed by atoms with E-state index in [1.54, 1.807) is 0 Å². The Morgan fingerprint density at radius 2 is 2.05 bits per heavy atom. The Hall–Kier alpha value is -1.75. The van der Waals surface area contributed by atoms with Gasteiger partial charge in [0.25, 0.3) is 0 Å². The van der Waals surface area contributed by atoms with Gasteiger partial charge < -0.3 is 5.32 Å². The molecular formula is C17H22N2. The molecule has 0 aromatic heterocycles. The van der Waals surface area contributed by atoms with Crippen molar-refractivity contribution in [3.8, 4) is 6.07 Å². The first-order chi connectivity index (χ1) is 9.10. The Labute approximate surface area is 116 Å². The van der Waals surface area contributed by atoms with Crippen molar-refractivity contribution in [2.24, 2.45) is 11.8 Å². The van der Waals surface area contributed by atoms with Crippen molar-refractivity contribution in [3.05, 3.63) is 41.5 Å². The van der Waals surface area contributed by atoms with Gasteiger partial charge in [0.2, 0.25) is 0 Å². The lowest BCUT2D eigenvalue weighted by molar-refractivity contribution is 0.388. The minimum atomic E-state index is -0.104. The van der Waals surface area contributed by atoms with E-state index in [9.17, 15) is 5.26 Å². The van der Waals surface area contributed by atoms with E-state index in [4.69, 9.17) is 0 Å². The molecule has 2 rings (SSSR count). The summed E-state index contributed by atoms with van der Waals surface area (Å²) in [6.45, 7) is 6.48.